The number of rotatable bonds is 7. The van der Waals surface area contributed by atoms with Crippen molar-refractivity contribution in [1.29, 1.82) is 5.26 Å². The molecule has 0 bridgehead atoms. The summed E-state index contributed by atoms with van der Waals surface area (Å²) in [5.74, 6) is -0.0782. The molecule has 1 aromatic carbocycles. The van der Waals surface area contributed by atoms with Crippen LogP contribution in [-0.2, 0) is 22.0 Å². The van der Waals surface area contributed by atoms with Crippen molar-refractivity contribution in [3.63, 3.8) is 0 Å². The number of hydrogen-bond donors (Lipinski definition) is 0. The Morgan fingerprint density at radius 2 is 1.97 bits per heavy atom. The third-order valence-electron chi connectivity index (χ3n) is 6.04. The van der Waals surface area contributed by atoms with Crippen LogP contribution in [0.25, 0.3) is 5.57 Å². The van der Waals surface area contributed by atoms with Gasteiger partial charge in [-0.15, -0.1) is 0 Å². The first-order valence-corrected chi connectivity index (χ1v) is 12.3. The van der Waals surface area contributed by atoms with Gasteiger partial charge in [0.05, 0.1) is 17.2 Å². The highest BCUT2D eigenvalue weighted by molar-refractivity contribution is 7.84. The van der Waals surface area contributed by atoms with Crippen LogP contribution >= 0.6 is 0 Å². The van der Waals surface area contributed by atoms with Gasteiger partial charge in [0.1, 0.15) is 6.33 Å². The summed E-state index contributed by atoms with van der Waals surface area (Å²) in [5, 5.41) is 9.98. The van der Waals surface area contributed by atoms with Crippen molar-refractivity contribution in [2.24, 2.45) is 5.41 Å². The van der Waals surface area contributed by atoms with Crippen LogP contribution in [0.5, 0.6) is 0 Å². The van der Waals surface area contributed by atoms with E-state index in [0.717, 1.165) is 16.0 Å². The fraction of sp³-hybridized carbons (Fsp3) is 0.308. The smallest absolute Gasteiger partial charge is 0.254 e. The third-order valence-corrected chi connectivity index (χ3v) is 6.98. The van der Waals surface area contributed by atoms with Crippen LogP contribution in [0.3, 0.4) is 0 Å². The predicted molar refractivity (Wildman–Crippen MR) is 130 cm³/mol. The molecule has 1 saturated heterocycles. The Hall–Kier alpha value is -3.37. The summed E-state index contributed by atoms with van der Waals surface area (Å²) >= 11 is 0. The van der Waals surface area contributed by atoms with Crippen LogP contribution in [-0.4, -0.2) is 44.3 Å². The zero-order chi connectivity index (χ0) is 23.8. The Labute approximate surface area is 197 Å². The van der Waals surface area contributed by atoms with Gasteiger partial charge in [-0.1, -0.05) is 30.9 Å². The minimum Gasteiger partial charge on any atom is -0.339 e. The lowest BCUT2D eigenvalue weighted by Crippen LogP contribution is -2.44. The van der Waals surface area contributed by atoms with Gasteiger partial charge in [-0.2, -0.15) is 5.26 Å². The zero-order valence-electron chi connectivity index (χ0n) is 19.0. The van der Waals surface area contributed by atoms with Gasteiger partial charge < -0.3 is 4.90 Å². The van der Waals surface area contributed by atoms with Crippen molar-refractivity contribution in [3.8, 4) is 6.07 Å². The average Bonchev–Trinajstić information content (AvgIpc) is 2.85. The molecule has 1 aliphatic rings. The Morgan fingerprint density at radius 1 is 1.27 bits per heavy atom. The van der Waals surface area contributed by atoms with Crippen molar-refractivity contribution < 1.29 is 9.00 Å². The topological polar surface area (TPSA) is 87.0 Å². The van der Waals surface area contributed by atoms with E-state index in [2.05, 4.69) is 22.6 Å². The van der Waals surface area contributed by atoms with Crippen LogP contribution in [0.1, 0.15) is 31.0 Å². The van der Waals surface area contributed by atoms with Crippen LogP contribution < -0.4 is 0 Å². The summed E-state index contributed by atoms with van der Waals surface area (Å²) in [6.45, 7) is 6.59. The molecule has 2 aromatic rings. The van der Waals surface area contributed by atoms with E-state index >= 15 is 0 Å². The molecule has 0 N–H and O–H groups in total. The molecule has 1 aromatic heterocycles. The zero-order valence-corrected chi connectivity index (χ0v) is 19.8. The number of likely N-dealkylation sites (tertiary alicyclic amines) is 1. The molecule has 0 aliphatic carbocycles. The van der Waals surface area contributed by atoms with Crippen LogP contribution in [0, 0.1) is 16.7 Å². The Kier molecular flexibility index (Phi) is 8.07. The molecule has 2 heterocycles. The van der Waals surface area contributed by atoms with E-state index in [4.69, 9.17) is 0 Å². The maximum absolute atomic E-state index is 13.4. The SMILES string of the molecule is C=C/C=C\C(C(=O)N1CCC(C#N)(Cc2ccc(S(C)=O)cc2)CC1)=C(/C)c1ccncn1. The first kappa shape index (κ1) is 24.3. The van der Waals surface area contributed by atoms with E-state index in [1.54, 1.807) is 36.7 Å². The molecule has 1 unspecified atom stereocenters. The first-order valence-electron chi connectivity index (χ1n) is 10.8. The van der Waals surface area contributed by atoms with Gasteiger partial charge in [0.25, 0.3) is 5.91 Å². The molecule has 0 radical (unpaired) electrons. The molecule has 1 aliphatic heterocycles. The number of nitriles is 1. The lowest BCUT2D eigenvalue weighted by Gasteiger charge is -2.37. The number of hydrogen-bond acceptors (Lipinski definition) is 5. The summed E-state index contributed by atoms with van der Waals surface area (Å²) in [4.78, 5) is 24.2. The van der Waals surface area contributed by atoms with Crippen molar-refractivity contribution >= 4 is 22.3 Å². The summed E-state index contributed by atoms with van der Waals surface area (Å²) in [5.41, 5.74) is 2.54. The van der Waals surface area contributed by atoms with E-state index in [1.807, 2.05) is 36.1 Å². The van der Waals surface area contributed by atoms with E-state index < -0.39 is 16.2 Å². The van der Waals surface area contributed by atoms with Gasteiger partial charge in [-0.3, -0.25) is 9.00 Å². The number of carbonyl (C=O) groups excluding carboxylic acids is 1. The van der Waals surface area contributed by atoms with Crippen molar-refractivity contribution in [2.75, 3.05) is 19.3 Å². The Morgan fingerprint density at radius 3 is 2.52 bits per heavy atom. The highest BCUT2D eigenvalue weighted by atomic mass is 32.2. The lowest BCUT2D eigenvalue weighted by atomic mass is 9.75. The molecule has 3 rings (SSSR count). The molecule has 1 fully saturated rings. The first-order chi connectivity index (χ1) is 15.9. The van der Waals surface area contributed by atoms with E-state index in [1.165, 1.54) is 6.33 Å². The van der Waals surface area contributed by atoms with Crippen LogP contribution in [0.15, 0.2) is 78.1 Å². The average molecular weight is 461 g/mol. The highest BCUT2D eigenvalue weighted by Crippen LogP contribution is 2.35. The van der Waals surface area contributed by atoms with Gasteiger partial charge in [0.2, 0.25) is 0 Å². The molecule has 7 heteroatoms. The number of piperidine rings is 1. The van der Waals surface area contributed by atoms with Gasteiger partial charge in [-0.25, -0.2) is 9.97 Å². The standard InChI is InChI=1S/C26H28N4O2S/c1-4-5-6-23(20(2)24-11-14-28-19-29-24)25(31)30-15-12-26(18-27,13-16-30)17-21-7-9-22(10-8-21)33(3)32/h4-11,14,19H,1,12-13,15-17H2,2-3H3/b6-5-,23-20-. The third kappa shape index (κ3) is 5.91. The lowest BCUT2D eigenvalue weighted by molar-refractivity contribution is -0.128. The summed E-state index contributed by atoms with van der Waals surface area (Å²) in [6, 6.07) is 11.9. The van der Waals surface area contributed by atoms with Crippen molar-refractivity contribution in [3.05, 3.63) is 84.5 Å². The molecular formula is C26H28N4O2S. The quantitative estimate of drug-likeness (QED) is 0.458. The van der Waals surface area contributed by atoms with Crippen LogP contribution in [0.2, 0.25) is 0 Å². The predicted octanol–water partition coefficient (Wildman–Crippen LogP) is 4.10. The number of benzene rings is 1. The normalized spacial score (nSPS) is 17.2. The summed E-state index contributed by atoms with van der Waals surface area (Å²) in [7, 11) is -1.02. The van der Waals surface area contributed by atoms with E-state index in [9.17, 15) is 14.3 Å². The fourth-order valence-corrected chi connectivity index (χ4v) is 4.52. The maximum Gasteiger partial charge on any atom is 0.254 e. The molecule has 1 amide bonds. The van der Waals surface area contributed by atoms with Gasteiger partial charge in [0, 0.05) is 46.8 Å². The van der Waals surface area contributed by atoms with Gasteiger partial charge >= 0.3 is 0 Å². The fourth-order valence-electron chi connectivity index (χ4n) is 4.00. The number of nitrogens with zero attached hydrogens (tertiary/aromatic N) is 4. The van der Waals surface area contributed by atoms with Crippen LogP contribution in [0.4, 0.5) is 0 Å². The van der Waals surface area contributed by atoms with Crippen molar-refractivity contribution in [1.82, 2.24) is 14.9 Å². The Bertz CT molecular complexity index is 1120. The minimum atomic E-state index is -1.02. The summed E-state index contributed by atoms with van der Waals surface area (Å²) < 4.78 is 11.6. The van der Waals surface area contributed by atoms with Gasteiger partial charge in [-0.05, 0) is 61.6 Å². The molecule has 0 spiro atoms. The second-order valence-electron chi connectivity index (χ2n) is 8.19. The summed E-state index contributed by atoms with van der Waals surface area (Å²) in [6.07, 6.45) is 11.7. The molecule has 0 saturated carbocycles. The Balaban J connectivity index is 1.76. The van der Waals surface area contributed by atoms with Crippen molar-refractivity contribution in [2.45, 2.75) is 31.1 Å². The number of allylic oxidation sites excluding steroid dienone is 3. The maximum atomic E-state index is 13.4. The number of aromatic nitrogens is 2. The molecule has 6 nitrogen and oxygen atoms in total. The highest BCUT2D eigenvalue weighted by Gasteiger charge is 2.37. The second-order valence-corrected chi connectivity index (χ2v) is 9.57. The largest absolute Gasteiger partial charge is 0.339 e. The monoisotopic (exact) mass is 460 g/mol. The molecular weight excluding hydrogens is 432 g/mol. The molecule has 170 valence electrons. The number of amides is 1. The van der Waals surface area contributed by atoms with E-state index in [-0.39, 0.29) is 5.91 Å². The molecule has 33 heavy (non-hydrogen) atoms. The second kappa shape index (κ2) is 11.0. The minimum absolute atomic E-state index is 0.0782. The van der Waals surface area contributed by atoms with E-state index in [0.29, 0.717) is 43.6 Å². The molecule has 1 atom stereocenters. The number of carbonyl (C=O) groups is 1. The van der Waals surface area contributed by atoms with Gasteiger partial charge in [0.15, 0.2) is 0 Å².